The second kappa shape index (κ2) is 8.97. The number of rotatable bonds is 6. The lowest BCUT2D eigenvalue weighted by Crippen LogP contribution is -1.88. The lowest BCUT2D eigenvalue weighted by Gasteiger charge is -2.03. The van der Waals surface area contributed by atoms with E-state index in [4.69, 9.17) is 4.74 Å². The average molecular weight is 392 g/mol. The van der Waals surface area contributed by atoms with Gasteiger partial charge in [-0.3, -0.25) is 9.78 Å². The fourth-order valence-electron chi connectivity index (χ4n) is 2.99. The Morgan fingerprint density at radius 1 is 0.800 bits per heavy atom. The molecule has 0 aliphatic rings. The number of carbonyl (C=O) groups is 1. The van der Waals surface area contributed by atoms with Gasteiger partial charge in [-0.25, -0.2) is 4.98 Å². The van der Waals surface area contributed by atoms with E-state index in [9.17, 15) is 4.79 Å². The number of benzene rings is 3. The van der Waals surface area contributed by atoms with Gasteiger partial charge in [0.2, 0.25) is 0 Å². The summed E-state index contributed by atoms with van der Waals surface area (Å²) in [5.41, 5.74) is 5.44. The van der Waals surface area contributed by atoms with Gasteiger partial charge >= 0.3 is 0 Å². The van der Waals surface area contributed by atoms with E-state index in [0.717, 1.165) is 39.2 Å². The third-order valence-electron chi connectivity index (χ3n) is 4.65. The van der Waals surface area contributed by atoms with Crippen molar-refractivity contribution in [2.45, 2.75) is 0 Å². The van der Waals surface area contributed by atoms with Gasteiger partial charge < -0.3 is 4.74 Å². The van der Waals surface area contributed by atoms with E-state index in [-0.39, 0.29) is 5.78 Å². The molecule has 4 nitrogen and oxygen atoms in total. The number of nitrogens with zero attached hydrogens (tertiary/aromatic N) is 2. The first-order chi connectivity index (χ1) is 14.7. The maximum absolute atomic E-state index is 12.1. The maximum Gasteiger partial charge on any atom is 0.178 e. The van der Waals surface area contributed by atoms with E-state index in [1.807, 2.05) is 72.8 Å². The van der Waals surface area contributed by atoms with Gasteiger partial charge in [-0.15, -0.1) is 0 Å². The van der Waals surface area contributed by atoms with Gasteiger partial charge in [0.15, 0.2) is 5.78 Å². The van der Waals surface area contributed by atoms with Gasteiger partial charge in [0.25, 0.3) is 0 Å². The molecule has 30 heavy (non-hydrogen) atoms. The van der Waals surface area contributed by atoms with Crippen LogP contribution in [0.2, 0.25) is 0 Å². The summed E-state index contributed by atoms with van der Waals surface area (Å²) in [6.45, 7) is 0. The van der Waals surface area contributed by atoms with E-state index >= 15 is 0 Å². The molecule has 0 spiro atoms. The summed E-state index contributed by atoms with van der Waals surface area (Å²) < 4.78 is 5.13. The third-order valence-corrected chi connectivity index (χ3v) is 4.65. The first-order valence-electron chi connectivity index (χ1n) is 9.58. The zero-order valence-corrected chi connectivity index (χ0v) is 16.5. The number of carbonyl (C=O) groups excluding carboxylic acids is 1. The van der Waals surface area contributed by atoms with Crippen LogP contribution in [0.4, 0.5) is 0 Å². The Morgan fingerprint density at radius 2 is 1.40 bits per heavy atom. The highest BCUT2D eigenvalue weighted by Crippen LogP contribution is 2.20. The van der Waals surface area contributed by atoms with Crippen molar-refractivity contribution in [2.75, 3.05) is 7.11 Å². The van der Waals surface area contributed by atoms with Crippen LogP contribution in [0.5, 0.6) is 5.75 Å². The summed E-state index contributed by atoms with van der Waals surface area (Å²) in [4.78, 5) is 21.2. The zero-order valence-electron chi connectivity index (χ0n) is 16.5. The second-order valence-corrected chi connectivity index (χ2v) is 6.71. The van der Waals surface area contributed by atoms with Gasteiger partial charge in [-0.2, -0.15) is 0 Å². The molecule has 3 aromatic carbocycles. The minimum absolute atomic E-state index is 0.0738. The molecule has 0 radical (unpaired) electrons. The molecule has 0 unspecified atom stereocenters. The van der Waals surface area contributed by atoms with Gasteiger partial charge in [-0.1, -0.05) is 60.7 Å². The number of para-hydroxylation sites is 2. The zero-order chi connectivity index (χ0) is 20.8. The van der Waals surface area contributed by atoms with E-state index in [1.54, 1.807) is 37.6 Å². The van der Waals surface area contributed by atoms with Crippen LogP contribution in [-0.2, 0) is 4.79 Å². The average Bonchev–Trinajstić information content (AvgIpc) is 2.81. The number of ether oxygens (including phenoxy) is 1. The van der Waals surface area contributed by atoms with Crippen molar-refractivity contribution in [3.8, 4) is 17.0 Å². The van der Waals surface area contributed by atoms with Crippen molar-refractivity contribution >= 4 is 29.0 Å². The molecule has 0 N–H and O–H groups in total. The van der Waals surface area contributed by atoms with Crippen LogP contribution < -0.4 is 4.74 Å². The normalized spacial score (nSPS) is 11.4. The molecule has 0 bridgehead atoms. The molecule has 1 heterocycles. The van der Waals surface area contributed by atoms with Crippen molar-refractivity contribution in [2.24, 2.45) is 0 Å². The van der Waals surface area contributed by atoms with Crippen molar-refractivity contribution < 1.29 is 9.53 Å². The molecular weight excluding hydrogens is 372 g/mol. The maximum atomic E-state index is 12.1. The predicted molar refractivity (Wildman–Crippen MR) is 121 cm³/mol. The largest absolute Gasteiger partial charge is 0.497 e. The van der Waals surface area contributed by atoms with Crippen LogP contribution in [0, 0.1) is 0 Å². The van der Waals surface area contributed by atoms with E-state index in [0.29, 0.717) is 0 Å². The summed E-state index contributed by atoms with van der Waals surface area (Å²) in [7, 11) is 1.63. The standard InChI is InChI=1S/C26H20N2O2/c1-30-23-16-10-20(11-17-23)9-15-22(29)14-8-19-6-12-21(13-7-19)26-18-27-24-4-2-3-5-25(24)28-26/h2-18H,1H3. The van der Waals surface area contributed by atoms with Crippen LogP contribution in [0.1, 0.15) is 11.1 Å². The second-order valence-electron chi connectivity index (χ2n) is 6.71. The number of hydrogen-bond acceptors (Lipinski definition) is 4. The van der Waals surface area contributed by atoms with E-state index in [2.05, 4.69) is 9.97 Å². The highest BCUT2D eigenvalue weighted by molar-refractivity contribution is 6.04. The molecule has 1 aromatic heterocycles. The number of fused-ring (bicyclic) bond motifs is 1. The number of hydrogen-bond donors (Lipinski definition) is 0. The summed E-state index contributed by atoms with van der Waals surface area (Å²) in [5, 5.41) is 0. The fourth-order valence-corrected chi connectivity index (χ4v) is 2.99. The predicted octanol–water partition coefficient (Wildman–Crippen LogP) is 5.60. The Hall–Kier alpha value is -4.05. The molecule has 4 rings (SSSR count). The number of ketones is 1. The third kappa shape index (κ3) is 4.67. The number of aromatic nitrogens is 2. The molecule has 4 heteroatoms. The molecule has 0 saturated carbocycles. The minimum atomic E-state index is -0.0738. The highest BCUT2D eigenvalue weighted by Gasteiger charge is 2.02. The van der Waals surface area contributed by atoms with Crippen molar-refractivity contribution in [1.82, 2.24) is 9.97 Å². The smallest absolute Gasteiger partial charge is 0.178 e. The number of allylic oxidation sites excluding steroid dienone is 2. The van der Waals surface area contributed by atoms with Crippen molar-refractivity contribution in [3.63, 3.8) is 0 Å². The molecule has 0 aliphatic heterocycles. The van der Waals surface area contributed by atoms with Crippen LogP contribution >= 0.6 is 0 Å². The van der Waals surface area contributed by atoms with Crippen LogP contribution in [0.25, 0.3) is 34.4 Å². The van der Waals surface area contributed by atoms with Gasteiger partial charge in [0.1, 0.15) is 5.75 Å². The van der Waals surface area contributed by atoms with Crippen LogP contribution in [-0.4, -0.2) is 22.9 Å². The molecule has 0 amide bonds. The Kier molecular flexibility index (Phi) is 5.76. The van der Waals surface area contributed by atoms with Gasteiger partial charge in [0.05, 0.1) is 30.0 Å². The topological polar surface area (TPSA) is 52.1 Å². The minimum Gasteiger partial charge on any atom is -0.497 e. The van der Waals surface area contributed by atoms with E-state index in [1.165, 1.54) is 0 Å². The Balaban J connectivity index is 1.42. The lowest BCUT2D eigenvalue weighted by molar-refractivity contribution is -0.110. The highest BCUT2D eigenvalue weighted by atomic mass is 16.5. The molecule has 0 fully saturated rings. The lowest BCUT2D eigenvalue weighted by atomic mass is 10.1. The molecule has 4 aromatic rings. The molecule has 0 atom stereocenters. The fraction of sp³-hybridized carbons (Fsp3) is 0.0385. The molecular formula is C26H20N2O2. The van der Waals surface area contributed by atoms with Gasteiger partial charge in [-0.05, 0) is 47.5 Å². The van der Waals surface area contributed by atoms with E-state index < -0.39 is 0 Å². The molecule has 146 valence electrons. The Morgan fingerprint density at radius 3 is 2.03 bits per heavy atom. The van der Waals surface area contributed by atoms with Gasteiger partial charge in [0, 0.05) is 5.56 Å². The number of methoxy groups -OCH3 is 1. The van der Waals surface area contributed by atoms with Crippen LogP contribution in [0.3, 0.4) is 0 Å². The monoisotopic (exact) mass is 392 g/mol. The summed E-state index contributed by atoms with van der Waals surface area (Å²) in [6.07, 6.45) is 8.48. The Bertz CT molecular complexity index is 1220. The quantitative estimate of drug-likeness (QED) is 0.401. The van der Waals surface area contributed by atoms with Crippen molar-refractivity contribution in [3.05, 3.63) is 102 Å². The summed E-state index contributed by atoms with van der Waals surface area (Å²) in [6, 6.07) is 23.2. The summed E-state index contributed by atoms with van der Waals surface area (Å²) in [5.74, 6) is 0.715. The summed E-state index contributed by atoms with van der Waals surface area (Å²) >= 11 is 0. The SMILES string of the molecule is COc1ccc(C=CC(=O)C=Cc2ccc(-c3cnc4ccccc4n3)cc2)cc1. The van der Waals surface area contributed by atoms with Crippen LogP contribution in [0.15, 0.2) is 91.1 Å². The molecule has 0 saturated heterocycles. The first kappa shape index (κ1) is 19.3. The Labute approximate surface area is 175 Å². The molecule has 0 aliphatic carbocycles. The van der Waals surface area contributed by atoms with Crippen molar-refractivity contribution in [1.29, 1.82) is 0 Å². The first-order valence-corrected chi connectivity index (χ1v) is 9.58.